The van der Waals surface area contributed by atoms with Crippen LogP contribution in [0.3, 0.4) is 0 Å². The van der Waals surface area contributed by atoms with Crippen molar-refractivity contribution in [3.05, 3.63) is 194 Å². The second-order valence-electron chi connectivity index (χ2n) is 25.6. The fraction of sp³-hybridized carbons (Fsp3) is 0.432. The van der Waals surface area contributed by atoms with Crippen molar-refractivity contribution in [2.75, 3.05) is 51.1 Å². The predicted octanol–water partition coefficient (Wildman–Crippen LogP) is 11.5. The third-order valence-corrected chi connectivity index (χ3v) is 24.2. The van der Waals surface area contributed by atoms with Gasteiger partial charge in [0.25, 0.3) is 0 Å². The standard InChI is InChI=1S/2C24H25O2S.2C13H20O5S.Na/c2*1-4-25-15-16-26-24-19(2)17-23(18-20(24)3)27(21-11-7-5-8-12-21)22-13-9-6-10-14-22;2*14-12(18-1-2-19(15,16)17)13-6-9-3-10(7-13)5-11(4-9)8-13;/h2*4-14,17-18H,1,15-16H2,2-3H3;2*9-11H,1-8H2,(H,15,16,17);/q2*+1;;;+1/p-2. The largest absolute Gasteiger partial charge is 1.00 e. The maximum absolute atomic E-state index is 12.3. The van der Waals surface area contributed by atoms with Crippen LogP contribution in [0, 0.1) is 74.0 Å². The van der Waals surface area contributed by atoms with Crippen LogP contribution in [0.4, 0.5) is 0 Å². The van der Waals surface area contributed by atoms with E-state index in [-0.39, 0.29) is 87.3 Å². The van der Waals surface area contributed by atoms with Gasteiger partial charge in [-0.25, -0.2) is 16.8 Å². The Morgan fingerprint density at radius 2 is 0.677 bits per heavy atom. The van der Waals surface area contributed by atoms with E-state index in [2.05, 4.69) is 186 Å². The first kappa shape index (κ1) is 73.3. The molecule has 0 amide bonds. The minimum absolute atomic E-state index is 0. The van der Waals surface area contributed by atoms with Crippen LogP contribution >= 0.6 is 0 Å². The van der Waals surface area contributed by atoms with E-state index in [4.69, 9.17) is 28.4 Å². The van der Waals surface area contributed by atoms with Crippen LogP contribution in [0.25, 0.3) is 0 Å². The van der Waals surface area contributed by atoms with Crippen molar-refractivity contribution in [2.45, 2.75) is 134 Å². The van der Waals surface area contributed by atoms with Crippen LogP contribution in [0.15, 0.2) is 201 Å². The van der Waals surface area contributed by atoms with Gasteiger partial charge in [0.2, 0.25) is 0 Å². The molecule has 8 bridgehead atoms. The van der Waals surface area contributed by atoms with Gasteiger partial charge < -0.3 is 37.5 Å². The molecule has 14 rings (SSSR count). The maximum atomic E-state index is 12.3. The molecule has 492 valence electrons. The SMILES string of the molecule is C=COCCOc1c(C)cc([S+](c2ccccc2)c2ccccc2)cc1C.C=COCCOc1c(C)cc([S+](c2ccccc2)c2ccccc2)cc1C.O=C(OCCS(=O)(=O)[O-])C12CC3CC(CC(C3)C1)C2.O=C(OCCS(=O)(=O)[O-])C12CC3CC(CC(C3)C1)C2.[Na+]. The van der Waals surface area contributed by atoms with Crippen LogP contribution < -0.4 is 39.0 Å². The molecule has 0 heterocycles. The second kappa shape index (κ2) is 33.9. The Morgan fingerprint density at radius 1 is 0.430 bits per heavy atom. The molecule has 6 aromatic rings. The molecule has 8 fully saturated rings. The van der Waals surface area contributed by atoms with Crippen molar-refractivity contribution < 1.29 is 93.5 Å². The minimum Gasteiger partial charge on any atom is -0.748 e. The van der Waals surface area contributed by atoms with E-state index in [9.17, 15) is 35.5 Å². The van der Waals surface area contributed by atoms with Gasteiger partial charge >= 0.3 is 41.5 Å². The first-order valence-corrected chi connectivity index (χ1v) is 37.6. The summed E-state index contributed by atoms with van der Waals surface area (Å²) < 4.78 is 95.5. The number of benzene rings is 6. The zero-order valence-electron chi connectivity index (χ0n) is 54.4. The van der Waals surface area contributed by atoms with Crippen LogP contribution in [-0.4, -0.2) is 89.0 Å². The molecule has 19 heteroatoms. The average molecular weight is 1350 g/mol. The Hall–Kier alpha value is -5.54. The summed E-state index contributed by atoms with van der Waals surface area (Å²) in [7, 11) is -8.90. The number of rotatable bonds is 24. The number of aryl methyl sites for hydroxylation is 4. The van der Waals surface area contributed by atoms with E-state index < -0.39 is 31.7 Å². The third kappa shape index (κ3) is 20.3. The van der Waals surface area contributed by atoms with Crippen molar-refractivity contribution >= 4 is 54.0 Å². The minimum atomic E-state index is -4.30. The van der Waals surface area contributed by atoms with Crippen molar-refractivity contribution in [1.82, 2.24) is 0 Å². The molecular formula is C74H88NaO14S4+. The first-order valence-electron chi connectivity index (χ1n) is 32.0. The molecule has 8 aliphatic rings. The summed E-state index contributed by atoms with van der Waals surface area (Å²) in [5.74, 6) is 3.95. The van der Waals surface area contributed by atoms with E-state index in [0.717, 1.165) is 72.3 Å². The fourth-order valence-electron chi connectivity index (χ4n) is 15.6. The van der Waals surface area contributed by atoms with Gasteiger partial charge in [0.15, 0.2) is 29.4 Å². The Kier molecular flexibility index (Phi) is 26.7. The van der Waals surface area contributed by atoms with E-state index in [1.54, 1.807) is 0 Å². The Balaban J connectivity index is 0.000000161. The van der Waals surface area contributed by atoms with Crippen LogP contribution in [0.1, 0.15) is 99.3 Å². The van der Waals surface area contributed by atoms with E-state index in [0.29, 0.717) is 61.9 Å². The van der Waals surface area contributed by atoms with Crippen LogP contribution in [0.5, 0.6) is 11.5 Å². The van der Waals surface area contributed by atoms with Crippen LogP contribution in [-0.2, 0) is 70.6 Å². The fourth-order valence-corrected chi connectivity index (χ4v) is 20.7. The molecule has 0 saturated heterocycles. The third-order valence-electron chi connectivity index (χ3n) is 18.5. The summed E-state index contributed by atoms with van der Waals surface area (Å²) >= 11 is 0. The van der Waals surface area contributed by atoms with Gasteiger partial charge in [-0.3, -0.25) is 9.59 Å². The van der Waals surface area contributed by atoms with Crippen LogP contribution in [0.2, 0.25) is 0 Å². The number of esters is 2. The number of ether oxygens (including phenoxy) is 6. The molecule has 93 heavy (non-hydrogen) atoms. The molecule has 0 atom stereocenters. The molecule has 0 radical (unpaired) electrons. The van der Waals surface area contributed by atoms with Gasteiger partial charge in [0.05, 0.1) is 76.9 Å². The van der Waals surface area contributed by atoms with E-state index >= 15 is 0 Å². The summed E-state index contributed by atoms with van der Waals surface area (Å²) in [6.07, 6.45) is 15.7. The quantitative estimate of drug-likeness (QED) is 0.0138. The molecule has 8 saturated carbocycles. The summed E-state index contributed by atoms with van der Waals surface area (Å²) in [5, 5.41) is 0. The van der Waals surface area contributed by atoms with Gasteiger partial charge in [-0.1, -0.05) is 86.0 Å². The summed E-state index contributed by atoms with van der Waals surface area (Å²) in [5.41, 5.74) is 3.84. The van der Waals surface area contributed by atoms with Crippen molar-refractivity contribution in [1.29, 1.82) is 0 Å². The molecular weight excluding hydrogens is 1260 g/mol. The monoisotopic (exact) mass is 1350 g/mol. The summed E-state index contributed by atoms with van der Waals surface area (Å²) in [6, 6.07) is 51.8. The topological polar surface area (TPSA) is 204 Å². The van der Waals surface area contributed by atoms with Crippen molar-refractivity contribution in [3.63, 3.8) is 0 Å². The van der Waals surface area contributed by atoms with Gasteiger partial charge in [0, 0.05) is 24.3 Å². The Labute approximate surface area is 579 Å². The number of hydrogen-bond acceptors (Lipinski definition) is 14. The maximum Gasteiger partial charge on any atom is 1.00 e. The number of carbonyl (C=O) groups is 2. The Bertz CT molecular complexity index is 3230. The number of hydrogen-bond donors (Lipinski definition) is 0. The molecule has 14 nitrogen and oxygen atoms in total. The Morgan fingerprint density at radius 3 is 0.903 bits per heavy atom. The van der Waals surface area contributed by atoms with Gasteiger partial charge in [-0.15, -0.1) is 0 Å². The van der Waals surface area contributed by atoms with E-state index in [1.807, 2.05) is 0 Å². The molecule has 0 unspecified atom stereocenters. The normalized spacial score (nSPS) is 22.7. The number of carbonyl (C=O) groups excluding carboxylic acids is 2. The van der Waals surface area contributed by atoms with Crippen molar-refractivity contribution in [3.8, 4) is 11.5 Å². The zero-order valence-corrected chi connectivity index (χ0v) is 59.6. The van der Waals surface area contributed by atoms with E-state index in [1.165, 1.54) is 80.4 Å². The van der Waals surface area contributed by atoms with Gasteiger partial charge in [-0.2, -0.15) is 0 Å². The molecule has 0 aromatic heterocycles. The van der Waals surface area contributed by atoms with Gasteiger partial charge in [-0.05, 0) is 211 Å². The molecule has 6 aromatic carbocycles. The van der Waals surface area contributed by atoms with Gasteiger partial charge in [0.1, 0.15) is 51.1 Å². The second-order valence-corrected chi connectivity index (χ2v) is 32.7. The predicted molar refractivity (Wildman–Crippen MR) is 357 cm³/mol. The molecule has 8 aliphatic carbocycles. The molecule has 0 N–H and O–H groups in total. The first-order chi connectivity index (χ1) is 44.1. The summed E-state index contributed by atoms with van der Waals surface area (Å²) in [6.45, 7) is 17.0. The summed E-state index contributed by atoms with van der Waals surface area (Å²) in [4.78, 5) is 32.4. The smallest absolute Gasteiger partial charge is 0.748 e. The zero-order chi connectivity index (χ0) is 65.5. The molecule has 0 spiro atoms. The molecule has 0 aliphatic heterocycles. The average Bonchev–Trinajstić information content (AvgIpc) is 0.754. The van der Waals surface area contributed by atoms with Crippen molar-refractivity contribution in [2.24, 2.45) is 46.3 Å².